The van der Waals surface area contributed by atoms with Crippen LogP contribution < -0.4 is 4.90 Å². The summed E-state index contributed by atoms with van der Waals surface area (Å²) in [7, 11) is 0. The molecule has 9 heteroatoms. The largest absolute Gasteiger partial charge is 0.472 e. The molecular weight excluding hydrogens is 448 g/mol. The van der Waals surface area contributed by atoms with Crippen molar-refractivity contribution in [2.75, 3.05) is 31.1 Å². The van der Waals surface area contributed by atoms with Crippen LogP contribution in [0.4, 0.5) is 5.82 Å². The van der Waals surface area contributed by atoms with Gasteiger partial charge in [0.1, 0.15) is 24.2 Å². The van der Waals surface area contributed by atoms with E-state index >= 15 is 0 Å². The van der Waals surface area contributed by atoms with Crippen molar-refractivity contribution in [3.63, 3.8) is 0 Å². The number of carbonyl (C=O) groups is 2. The molecule has 0 aromatic carbocycles. The van der Waals surface area contributed by atoms with Crippen molar-refractivity contribution in [3.8, 4) is 6.07 Å². The zero-order valence-electron chi connectivity index (χ0n) is 21.0. The van der Waals surface area contributed by atoms with E-state index in [-0.39, 0.29) is 31.5 Å². The first-order chi connectivity index (χ1) is 16.7. The highest BCUT2D eigenvalue weighted by atomic mass is 16.5. The Bertz CT molecular complexity index is 1150. The van der Waals surface area contributed by atoms with Crippen LogP contribution >= 0.6 is 0 Å². The van der Waals surface area contributed by atoms with Crippen molar-refractivity contribution in [2.45, 2.75) is 65.2 Å². The van der Waals surface area contributed by atoms with Gasteiger partial charge in [0.2, 0.25) is 0 Å². The molecule has 2 aliphatic heterocycles. The Morgan fingerprint density at radius 1 is 1.31 bits per heavy atom. The number of nitriles is 1. The summed E-state index contributed by atoms with van der Waals surface area (Å²) >= 11 is 0. The smallest absolute Gasteiger partial charge is 0.330 e. The van der Waals surface area contributed by atoms with E-state index in [9.17, 15) is 14.9 Å². The number of carbonyl (C=O) groups excluding carboxylic acids is 2. The molecule has 0 N–H and O–H groups in total. The number of amides is 1. The lowest BCUT2D eigenvalue weighted by Crippen LogP contribution is -2.59. The van der Waals surface area contributed by atoms with E-state index in [0.717, 1.165) is 16.8 Å². The predicted molar refractivity (Wildman–Crippen MR) is 128 cm³/mol. The lowest BCUT2D eigenvalue weighted by Gasteiger charge is -2.41. The van der Waals surface area contributed by atoms with Crippen LogP contribution in [0.1, 0.15) is 73.3 Å². The molecule has 2 aromatic rings. The molecule has 4 heterocycles. The maximum Gasteiger partial charge on any atom is 0.330 e. The molecule has 0 spiro atoms. The van der Waals surface area contributed by atoms with Gasteiger partial charge in [-0.1, -0.05) is 13.8 Å². The summed E-state index contributed by atoms with van der Waals surface area (Å²) in [5.74, 6) is -0.0940. The van der Waals surface area contributed by atoms with Crippen LogP contribution in [0, 0.1) is 11.3 Å². The van der Waals surface area contributed by atoms with E-state index in [4.69, 9.17) is 18.9 Å². The molecule has 9 nitrogen and oxygen atoms in total. The normalized spacial score (nSPS) is 19.3. The number of fused-ring (bicyclic) bond motifs is 1. The molecule has 2 aliphatic rings. The molecule has 0 saturated carbocycles. The fourth-order valence-corrected chi connectivity index (χ4v) is 4.81. The molecule has 1 unspecified atom stereocenters. The Hall–Kier alpha value is -3.38. The fourth-order valence-electron chi connectivity index (χ4n) is 4.81. The van der Waals surface area contributed by atoms with Gasteiger partial charge in [-0.2, -0.15) is 5.26 Å². The molecule has 0 bridgehead atoms. The van der Waals surface area contributed by atoms with Gasteiger partial charge < -0.3 is 23.7 Å². The number of aromatic nitrogens is 1. The molecule has 1 amide bonds. The average molecular weight is 481 g/mol. The Labute approximate surface area is 205 Å². The second kappa shape index (κ2) is 9.70. The van der Waals surface area contributed by atoms with Gasteiger partial charge >= 0.3 is 5.97 Å². The van der Waals surface area contributed by atoms with Crippen molar-refractivity contribution in [2.24, 2.45) is 0 Å². The van der Waals surface area contributed by atoms with Crippen molar-refractivity contribution in [1.82, 2.24) is 9.88 Å². The lowest BCUT2D eigenvalue weighted by molar-refractivity contribution is -0.148. The van der Waals surface area contributed by atoms with Gasteiger partial charge in [-0.15, -0.1) is 0 Å². The third kappa shape index (κ3) is 4.76. The number of esters is 1. The second-order valence-corrected chi connectivity index (χ2v) is 9.87. The van der Waals surface area contributed by atoms with Crippen molar-refractivity contribution in [1.29, 1.82) is 5.26 Å². The third-order valence-corrected chi connectivity index (χ3v) is 6.56. The summed E-state index contributed by atoms with van der Waals surface area (Å²) in [5, 5.41) is 10.2. The van der Waals surface area contributed by atoms with Crippen LogP contribution in [0.5, 0.6) is 0 Å². The van der Waals surface area contributed by atoms with Gasteiger partial charge in [-0.25, -0.2) is 9.78 Å². The van der Waals surface area contributed by atoms with Gasteiger partial charge in [-0.05, 0) is 38.3 Å². The van der Waals surface area contributed by atoms with Crippen LogP contribution in [-0.4, -0.2) is 59.6 Å². The van der Waals surface area contributed by atoms with Gasteiger partial charge in [-0.3, -0.25) is 4.79 Å². The number of pyridine rings is 1. The zero-order chi connectivity index (χ0) is 25.3. The molecule has 1 saturated heterocycles. The number of nitrogens with zero attached hydrogens (tertiary/aromatic N) is 4. The van der Waals surface area contributed by atoms with Crippen LogP contribution in [0.15, 0.2) is 23.0 Å². The summed E-state index contributed by atoms with van der Waals surface area (Å²) in [4.78, 5) is 34.4. The third-order valence-electron chi connectivity index (χ3n) is 6.56. The number of furan rings is 1. The number of anilines is 1. The molecular formula is C26H32N4O5. The van der Waals surface area contributed by atoms with Gasteiger partial charge in [0.05, 0.1) is 48.4 Å². The molecule has 4 rings (SSSR count). The summed E-state index contributed by atoms with van der Waals surface area (Å²) in [6, 6.07) is 3.12. The summed E-state index contributed by atoms with van der Waals surface area (Å²) < 4.78 is 16.4. The zero-order valence-corrected chi connectivity index (χ0v) is 21.0. The molecule has 0 aliphatic carbocycles. The molecule has 0 radical (unpaired) electrons. The van der Waals surface area contributed by atoms with Gasteiger partial charge in [0.15, 0.2) is 0 Å². The van der Waals surface area contributed by atoms with E-state index in [1.165, 1.54) is 17.4 Å². The van der Waals surface area contributed by atoms with Crippen molar-refractivity contribution < 1.29 is 23.5 Å². The Balaban J connectivity index is 1.74. The topological polar surface area (TPSA) is 109 Å². The van der Waals surface area contributed by atoms with Crippen LogP contribution in [0.25, 0.3) is 0 Å². The Morgan fingerprint density at radius 2 is 2.09 bits per heavy atom. The van der Waals surface area contributed by atoms with E-state index in [1.54, 1.807) is 13.0 Å². The number of ether oxygens (including phenoxy) is 2. The summed E-state index contributed by atoms with van der Waals surface area (Å²) in [6.45, 7) is 11.4. The minimum atomic E-state index is -0.835. The van der Waals surface area contributed by atoms with Gasteiger partial charge in [0.25, 0.3) is 5.91 Å². The first-order valence-electron chi connectivity index (χ1n) is 12.0. The van der Waals surface area contributed by atoms with Crippen LogP contribution in [-0.2, 0) is 27.3 Å². The van der Waals surface area contributed by atoms with E-state index in [0.29, 0.717) is 36.5 Å². The fraction of sp³-hybridized carbons (Fsp3) is 0.538. The Kier molecular flexibility index (Phi) is 6.86. The van der Waals surface area contributed by atoms with E-state index < -0.39 is 17.6 Å². The highest BCUT2D eigenvalue weighted by Gasteiger charge is 2.40. The minimum Gasteiger partial charge on any atom is -0.472 e. The van der Waals surface area contributed by atoms with Crippen LogP contribution in [0.3, 0.4) is 0 Å². The number of hydrogen-bond acceptors (Lipinski definition) is 8. The number of piperazine rings is 1. The maximum atomic E-state index is 13.1. The first-order valence-corrected chi connectivity index (χ1v) is 12.0. The standard InChI is InChI=1S/C26H32N4O5/c1-6-34-25(32)21-13-29(8-9-30(21)24(31)17-7-10-33-14-17)23-19(12-27)18-11-26(4,5)35-15-20(18)22(28-23)16(2)3/h7,10,14,16,21H,6,8-9,11,13,15H2,1-5H3. The predicted octanol–water partition coefficient (Wildman–Crippen LogP) is 3.42. The van der Waals surface area contributed by atoms with E-state index in [1.807, 2.05) is 18.7 Å². The molecule has 1 fully saturated rings. The highest BCUT2D eigenvalue weighted by Crippen LogP contribution is 2.38. The number of rotatable bonds is 5. The molecule has 35 heavy (non-hydrogen) atoms. The molecule has 186 valence electrons. The highest BCUT2D eigenvalue weighted by molar-refractivity contribution is 5.97. The second-order valence-electron chi connectivity index (χ2n) is 9.87. The first kappa shape index (κ1) is 24.7. The van der Waals surface area contributed by atoms with Crippen LogP contribution in [0.2, 0.25) is 0 Å². The molecule has 2 aromatic heterocycles. The quantitative estimate of drug-likeness (QED) is 0.599. The average Bonchev–Trinajstić information content (AvgIpc) is 3.36. The summed E-state index contributed by atoms with van der Waals surface area (Å²) in [5.41, 5.74) is 3.33. The molecule has 1 atom stereocenters. The lowest BCUT2D eigenvalue weighted by atomic mass is 9.86. The maximum absolute atomic E-state index is 13.1. The summed E-state index contributed by atoms with van der Waals surface area (Å²) in [6.07, 6.45) is 3.40. The minimum absolute atomic E-state index is 0.130. The van der Waals surface area contributed by atoms with Crippen molar-refractivity contribution >= 4 is 17.7 Å². The number of hydrogen-bond donors (Lipinski definition) is 0. The monoisotopic (exact) mass is 480 g/mol. The SMILES string of the molecule is CCOC(=O)C1CN(c2nc(C(C)C)c3c(c2C#N)CC(C)(C)OC3)CCN1C(=O)c1ccoc1. The Morgan fingerprint density at radius 3 is 2.71 bits per heavy atom. The van der Waals surface area contributed by atoms with Gasteiger partial charge in [0, 0.05) is 25.1 Å². The van der Waals surface area contributed by atoms with Crippen molar-refractivity contribution in [3.05, 3.63) is 46.5 Å². The van der Waals surface area contributed by atoms with E-state index in [2.05, 4.69) is 19.9 Å².